The second kappa shape index (κ2) is 3.59. The first-order chi connectivity index (χ1) is 6.68. The van der Waals surface area contributed by atoms with Gasteiger partial charge in [0, 0.05) is 13.1 Å². The van der Waals surface area contributed by atoms with Crippen molar-refractivity contribution < 1.29 is 5.11 Å². The normalized spacial score (nSPS) is 21.6. The quantitative estimate of drug-likeness (QED) is 0.692. The molecule has 1 aromatic rings. The van der Waals surface area contributed by atoms with Crippen LogP contribution in [0.3, 0.4) is 0 Å². The summed E-state index contributed by atoms with van der Waals surface area (Å²) >= 11 is 5.79. The van der Waals surface area contributed by atoms with Crippen molar-refractivity contribution in [1.82, 2.24) is 9.97 Å². The fourth-order valence-corrected chi connectivity index (χ4v) is 1.75. The van der Waals surface area contributed by atoms with Crippen LogP contribution in [0.15, 0.2) is 11.1 Å². The molecule has 2 N–H and O–H groups in total. The van der Waals surface area contributed by atoms with Gasteiger partial charge in [-0.05, 0) is 6.42 Å². The number of rotatable bonds is 1. The summed E-state index contributed by atoms with van der Waals surface area (Å²) in [5.74, 6) is 0.451. The molecule has 0 amide bonds. The van der Waals surface area contributed by atoms with E-state index in [1.165, 1.54) is 6.33 Å². The van der Waals surface area contributed by atoms with Crippen LogP contribution in [0.1, 0.15) is 6.42 Å². The minimum atomic E-state index is -0.354. The van der Waals surface area contributed by atoms with Gasteiger partial charge in [0.2, 0.25) is 0 Å². The third kappa shape index (κ3) is 1.60. The van der Waals surface area contributed by atoms with Gasteiger partial charge in [0.15, 0.2) is 5.82 Å². The molecular weight excluding hydrogens is 206 g/mol. The Morgan fingerprint density at radius 3 is 3.14 bits per heavy atom. The summed E-state index contributed by atoms with van der Waals surface area (Å²) in [4.78, 5) is 19.3. The van der Waals surface area contributed by atoms with Crippen molar-refractivity contribution in [3.05, 3.63) is 21.7 Å². The second-order valence-corrected chi connectivity index (χ2v) is 3.64. The number of H-pyrrole nitrogens is 1. The van der Waals surface area contributed by atoms with Gasteiger partial charge in [0.25, 0.3) is 5.56 Å². The molecule has 2 rings (SSSR count). The lowest BCUT2D eigenvalue weighted by Gasteiger charge is -2.16. The average Bonchev–Trinajstić information content (AvgIpc) is 2.57. The molecule has 14 heavy (non-hydrogen) atoms. The molecule has 0 saturated carbocycles. The highest BCUT2D eigenvalue weighted by atomic mass is 35.5. The monoisotopic (exact) mass is 215 g/mol. The van der Waals surface area contributed by atoms with Gasteiger partial charge in [-0.25, -0.2) is 4.98 Å². The van der Waals surface area contributed by atoms with Crippen molar-refractivity contribution in [2.45, 2.75) is 12.5 Å². The highest BCUT2D eigenvalue weighted by Gasteiger charge is 2.23. The third-order valence-corrected chi connectivity index (χ3v) is 2.58. The third-order valence-electron chi connectivity index (χ3n) is 2.24. The number of hydrogen-bond donors (Lipinski definition) is 2. The minimum absolute atomic E-state index is 0.0848. The number of nitrogens with zero attached hydrogens (tertiary/aromatic N) is 2. The van der Waals surface area contributed by atoms with Crippen LogP contribution in [0.4, 0.5) is 5.82 Å². The van der Waals surface area contributed by atoms with Crippen molar-refractivity contribution in [2.24, 2.45) is 0 Å². The van der Waals surface area contributed by atoms with Gasteiger partial charge in [-0.1, -0.05) is 11.6 Å². The fraction of sp³-hybridized carbons (Fsp3) is 0.500. The van der Waals surface area contributed by atoms with Crippen molar-refractivity contribution in [3.63, 3.8) is 0 Å². The summed E-state index contributed by atoms with van der Waals surface area (Å²) in [7, 11) is 0. The molecule has 0 aliphatic carbocycles. The summed E-state index contributed by atoms with van der Waals surface area (Å²) in [6.07, 6.45) is 1.64. The van der Waals surface area contributed by atoms with E-state index in [2.05, 4.69) is 9.97 Å². The van der Waals surface area contributed by atoms with Crippen LogP contribution in [-0.2, 0) is 0 Å². The second-order valence-electron chi connectivity index (χ2n) is 3.26. The molecular formula is C8H10ClN3O2. The lowest BCUT2D eigenvalue weighted by Crippen LogP contribution is -2.25. The number of halogens is 1. The maximum atomic E-state index is 11.2. The number of aliphatic hydroxyl groups excluding tert-OH is 1. The van der Waals surface area contributed by atoms with Crippen molar-refractivity contribution in [1.29, 1.82) is 0 Å². The SMILES string of the molecule is O=c1[nH]cnc(N2CC[C@@H](O)C2)c1Cl. The van der Waals surface area contributed by atoms with Gasteiger partial charge in [-0.15, -0.1) is 0 Å². The van der Waals surface area contributed by atoms with E-state index in [9.17, 15) is 9.90 Å². The Bertz CT molecular complexity index is 392. The topological polar surface area (TPSA) is 69.2 Å². The highest BCUT2D eigenvalue weighted by molar-refractivity contribution is 6.32. The maximum Gasteiger partial charge on any atom is 0.271 e. The van der Waals surface area contributed by atoms with Crippen LogP contribution >= 0.6 is 11.6 Å². The zero-order chi connectivity index (χ0) is 10.1. The first-order valence-electron chi connectivity index (χ1n) is 4.34. The van der Waals surface area contributed by atoms with Crippen molar-refractivity contribution >= 4 is 17.4 Å². The number of aliphatic hydroxyl groups is 1. The Morgan fingerprint density at radius 2 is 2.50 bits per heavy atom. The molecule has 1 saturated heterocycles. The fourth-order valence-electron chi connectivity index (χ4n) is 1.53. The summed E-state index contributed by atoms with van der Waals surface area (Å²) in [5, 5.41) is 9.41. The predicted molar refractivity (Wildman–Crippen MR) is 52.7 cm³/mol. The number of β-amino-alcohol motifs (C(OH)–C–C–N with tert-alkyl or cyclic N) is 1. The molecule has 76 valence electrons. The Balaban J connectivity index is 2.33. The van der Waals surface area contributed by atoms with Crippen LogP contribution in [0, 0.1) is 0 Å². The average molecular weight is 216 g/mol. The molecule has 6 heteroatoms. The van der Waals surface area contributed by atoms with Gasteiger partial charge < -0.3 is 15.0 Å². The number of hydrogen-bond acceptors (Lipinski definition) is 4. The minimum Gasteiger partial charge on any atom is -0.391 e. The van der Waals surface area contributed by atoms with E-state index in [1.807, 2.05) is 4.90 Å². The lowest BCUT2D eigenvalue weighted by molar-refractivity contribution is 0.198. The molecule has 0 radical (unpaired) electrons. The van der Waals surface area contributed by atoms with E-state index < -0.39 is 0 Å². The Morgan fingerprint density at radius 1 is 1.71 bits per heavy atom. The van der Waals surface area contributed by atoms with E-state index in [4.69, 9.17) is 11.6 Å². The number of aromatic nitrogens is 2. The number of aromatic amines is 1. The molecule has 1 aromatic heterocycles. The van der Waals surface area contributed by atoms with E-state index in [-0.39, 0.29) is 16.7 Å². The summed E-state index contributed by atoms with van der Waals surface area (Å²) in [6.45, 7) is 1.16. The van der Waals surface area contributed by atoms with Crippen molar-refractivity contribution in [3.8, 4) is 0 Å². The highest BCUT2D eigenvalue weighted by Crippen LogP contribution is 2.22. The molecule has 1 aliphatic rings. The zero-order valence-corrected chi connectivity index (χ0v) is 8.16. The molecule has 1 atom stereocenters. The molecule has 1 aliphatic heterocycles. The number of anilines is 1. The van der Waals surface area contributed by atoms with E-state index in [1.54, 1.807) is 0 Å². The van der Waals surface area contributed by atoms with Crippen LogP contribution in [0.5, 0.6) is 0 Å². The van der Waals surface area contributed by atoms with Crippen molar-refractivity contribution in [2.75, 3.05) is 18.0 Å². The Labute approximate surface area is 85.3 Å². The molecule has 0 aromatic carbocycles. The predicted octanol–water partition coefficient (Wildman–Crippen LogP) is -0.00570. The van der Waals surface area contributed by atoms with Crippen LogP contribution in [-0.4, -0.2) is 34.3 Å². The molecule has 0 spiro atoms. The Kier molecular flexibility index (Phi) is 2.43. The van der Waals surface area contributed by atoms with Gasteiger partial charge in [0.1, 0.15) is 5.02 Å². The van der Waals surface area contributed by atoms with E-state index in [0.717, 1.165) is 0 Å². The van der Waals surface area contributed by atoms with Gasteiger partial charge >= 0.3 is 0 Å². The molecule has 0 unspecified atom stereocenters. The summed E-state index contributed by atoms with van der Waals surface area (Å²) in [5.41, 5.74) is -0.349. The van der Waals surface area contributed by atoms with Gasteiger partial charge in [-0.3, -0.25) is 4.79 Å². The standard InChI is InChI=1S/C8H10ClN3O2/c9-6-7(10-4-11-8(6)14)12-2-1-5(13)3-12/h4-5,13H,1-3H2,(H,10,11,14)/t5-/m1/s1. The largest absolute Gasteiger partial charge is 0.391 e. The van der Waals surface area contributed by atoms with Gasteiger partial charge in [0.05, 0.1) is 12.4 Å². The summed E-state index contributed by atoms with van der Waals surface area (Å²) in [6, 6.07) is 0. The molecule has 1 fully saturated rings. The molecule has 5 nitrogen and oxygen atoms in total. The summed E-state index contributed by atoms with van der Waals surface area (Å²) < 4.78 is 0. The molecule has 0 bridgehead atoms. The van der Waals surface area contributed by atoms with E-state index >= 15 is 0 Å². The lowest BCUT2D eigenvalue weighted by atomic mass is 10.3. The van der Waals surface area contributed by atoms with Crippen LogP contribution in [0.2, 0.25) is 5.02 Å². The molecule has 2 heterocycles. The van der Waals surface area contributed by atoms with Crippen LogP contribution < -0.4 is 10.5 Å². The maximum absolute atomic E-state index is 11.2. The Hall–Kier alpha value is -1.07. The first-order valence-corrected chi connectivity index (χ1v) is 4.72. The zero-order valence-electron chi connectivity index (χ0n) is 7.40. The smallest absolute Gasteiger partial charge is 0.271 e. The van der Waals surface area contributed by atoms with Crippen LogP contribution in [0.25, 0.3) is 0 Å². The van der Waals surface area contributed by atoms with E-state index in [0.29, 0.717) is 25.3 Å². The first kappa shape index (κ1) is 9.48. The van der Waals surface area contributed by atoms with Gasteiger partial charge in [-0.2, -0.15) is 0 Å². The number of nitrogens with one attached hydrogen (secondary N) is 1.